The predicted molar refractivity (Wildman–Crippen MR) is 122 cm³/mol. The van der Waals surface area contributed by atoms with Gasteiger partial charge in [-0.15, -0.1) is 0 Å². The minimum absolute atomic E-state index is 0.303. The van der Waals surface area contributed by atoms with E-state index < -0.39 is 0 Å². The van der Waals surface area contributed by atoms with E-state index in [-0.39, 0.29) is 0 Å². The summed E-state index contributed by atoms with van der Waals surface area (Å²) in [5.74, 6) is 1.12. The van der Waals surface area contributed by atoms with Gasteiger partial charge in [0.1, 0.15) is 6.61 Å². The van der Waals surface area contributed by atoms with Gasteiger partial charge in [0.15, 0.2) is 11.5 Å². The van der Waals surface area contributed by atoms with Crippen molar-refractivity contribution in [3.63, 3.8) is 0 Å². The van der Waals surface area contributed by atoms with Gasteiger partial charge < -0.3 is 14.8 Å². The van der Waals surface area contributed by atoms with Gasteiger partial charge in [-0.3, -0.25) is 0 Å². The molecule has 0 aliphatic rings. The molecule has 0 aliphatic heterocycles. The molecule has 0 saturated heterocycles. The minimum atomic E-state index is 0.303. The Morgan fingerprint density at radius 3 is 2.21 bits per heavy atom. The standard InChI is InChI=1S/C23H22Cl3NO2/c1-3-28-22-12-17(13-27-18-7-4-15(2)5-8-18)11-21(26)23(22)29-14-16-6-9-19(24)20(25)10-16/h4-12,27H,3,13-14H2,1-2H3. The monoisotopic (exact) mass is 449 g/mol. The van der Waals surface area contributed by atoms with Gasteiger partial charge in [-0.25, -0.2) is 0 Å². The minimum Gasteiger partial charge on any atom is -0.490 e. The SMILES string of the molecule is CCOc1cc(CNc2ccc(C)cc2)cc(Cl)c1OCc1ccc(Cl)c(Cl)c1. The van der Waals surface area contributed by atoms with Crippen LogP contribution in [0.25, 0.3) is 0 Å². The first-order valence-corrected chi connectivity index (χ1v) is 10.4. The number of hydrogen-bond acceptors (Lipinski definition) is 3. The van der Waals surface area contributed by atoms with Crippen molar-refractivity contribution < 1.29 is 9.47 Å². The van der Waals surface area contributed by atoms with Crippen molar-refractivity contribution in [2.75, 3.05) is 11.9 Å². The highest BCUT2D eigenvalue weighted by Gasteiger charge is 2.13. The third-order valence-corrected chi connectivity index (χ3v) is 5.30. The van der Waals surface area contributed by atoms with Gasteiger partial charge in [0.2, 0.25) is 0 Å². The maximum Gasteiger partial charge on any atom is 0.180 e. The fraction of sp³-hybridized carbons (Fsp3) is 0.217. The Balaban J connectivity index is 1.74. The zero-order chi connectivity index (χ0) is 20.8. The summed E-state index contributed by atoms with van der Waals surface area (Å²) in [5.41, 5.74) is 4.16. The first kappa shape index (κ1) is 21.6. The molecule has 0 heterocycles. The first-order valence-electron chi connectivity index (χ1n) is 9.28. The van der Waals surface area contributed by atoms with Crippen LogP contribution in [-0.4, -0.2) is 6.61 Å². The molecule has 3 aromatic rings. The van der Waals surface area contributed by atoms with Crippen LogP contribution < -0.4 is 14.8 Å². The molecule has 0 unspecified atom stereocenters. The number of anilines is 1. The number of nitrogens with one attached hydrogen (secondary N) is 1. The molecule has 152 valence electrons. The Bertz CT molecular complexity index is 975. The summed E-state index contributed by atoms with van der Waals surface area (Å²) in [6, 6.07) is 17.5. The van der Waals surface area contributed by atoms with Crippen LogP contribution in [-0.2, 0) is 13.2 Å². The molecule has 29 heavy (non-hydrogen) atoms. The van der Waals surface area contributed by atoms with E-state index >= 15 is 0 Å². The van der Waals surface area contributed by atoms with E-state index in [2.05, 4.69) is 36.5 Å². The van der Waals surface area contributed by atoms with Crippen molar-refractivity contribution >= 4 is 40.5 Å². The van der Waals surface area contributed by atoms with Crippen LogP contribution in [0.2, 0.25) is 15.1 Å². The number of rotatable bonds is 8. The van der Waals surface area contributed by atoms with Crippen LogP contribution in [0.4, 0.5) is 5.69 Å². The Morgan fingerprint density at radius 1 is 0.793 bits per heavy atom. The van der Waals surface area contributed by atoms with Gasteiger partial charge >= 0.3 is 0 Å². The summed E-state index contributed by atoms with van der Waals surface area (Å²) in [6.45, 7) is 5.42. The zero-order valence-electron chi connectivity index (χ0n) is 16.3. The van der Waals surface area contributed by atoms with Crippen LogP contribution in [0.3, 0.4) is 0 Å². The van der Waals surface area contributed by atoms with Crippen molar-refractivity contribution in [1.29, 1.82) is 0 Å². The van der Waals surface area contributed by atoms with Gasteiger partial charge in [0.25, 0.3) is 0 Å². The summed E-state index contributed by atoms with van der Waals surface area (Å²) in [5, 5.41) is 4.88. The fourth-order valence-electron chi connectivity index (χ4n) is 2.79. The fourth-order valence-corrected chi connectivity index (χ4v) is 3.40. The first-order chi connectivity index (χ1) is 14.0. The molecule has 3 rings (SSSR count). The van der Waals surface area contributed by atoms with Gasteiger partial charge in [0, 0.05) is 12.2 Å². The quantitative estimate of drug-likeness (QED) is 0.384. The Morgan fingerprint density at radius 2 is 1.52 bits per heavy atom. The molecule has 0 radical (unpaired) electrons. The molecule has 0 atom stereocenters. The lowest BCUT2D eigenvalue weighted by atomic mass is 10.1. The summed E-state index contributed by atoms with van der Waals surface area (Å²) in [6.07, 6.45) is 0. The maximum atomic E-state index is 6.52. The number of ether oxygens (including phenoxy) is 2. The third-order valence-electron chi connectivity index (χ3n) is 4.28. The van der Waals surface area contributed by atoms with Crippen LogP contribution >= 0.6 is 34.8 Å². The molecule has 0 fully saturated rings. The maximum absolute atomic E-state index is 6.52. The normalized spacial score (nSPS) is 10.7. The van der Waals surface area contributed by atoms with Crippen molar-refractivity contribution in [2.24, 2.45) is 0 Å². The Hall–Kier alpha value is -2.07. The van der Waals surface area contributed by atoms with Crippen LogP contribution in [0, 0.1) is 6.92 Å². The molecule has 0 amide bonds. The lowest BCUT2D eigenvalue weighted by Crippen LogP contribution is -2.04. The van der Waals surface area contributed by atoms with E-state index in [1.165, 1.54) is 5.56 Å². The molecule has 0 bridgehead atoms. The molecule has 0 spiro atoms. The van der Waals surface area contributed by atoms with Crippen molar-refractivity contribution in [3.05, 3.63) is 86.4 Å². The molecular formula is C23H22Cl3NO2. The van der Waals surface area contributed by atoms with Crippen LogP contribution in [0.5, 0.6) is 11.5 Å². The van der Waals surface area contributed by atoms with E-state index in [1.54, 1.807) is 12.1 Å². The van der Waals surface area contributed by atoms with E-state index in [9.17, 15) is 0 Å². The summed E-state index contributed by atoms with van der Waals surface area (Å²) < 4.78 is 11.7. The second kappa shape index (κ2) is 10.1. The molecular weight excluding hydrogens is 429 g/mol. The molecule has 0 saturated carbocycles. The lowest BCUT2D eigenvalue weighted by molar-refractivity contribution is 0.269. The predicted octanol–water partition coefficient (Wildman–Crippen LogP) is 7.55. The van der Waals surface area contributed by atoms with E-state index in [4.69, 9.17) is 44.3 Å². The topological polar surface area (TPSA) is 30.5 Å². The highest BCUT2D eigenvalue weighted by Crippen LogP contribution is 2.37. The van der Waals surface area contributed by atoms with Gasteiger partial charge in [-0.1, -0.05) is 58.6 Å². The molecule has 3 aromatic carbocycles. The molecule has 6 heteroatoms. The van der Waals surface area contributed by atoms with Crippen LogP contribution in [0.1, 0.15) is 23.6 Å². The molecule has 0 aromatic heterocycles. The molecule has 0 aliphatic carbocycles. The zero-order valence-corrected chi connectivity index (χ0v) is 18.5. The number of benzene rings is 3. The number of hydrogen-bond donors (Lipinski definition) is 1. The van der Waals surface area contributed by atoms with Gasteiger partial charge in [-0.2, -0.15) is 0 Å². The smallest absolute Gasteiger partial charge is 0.180 e. The van der Waals surface area contributed by atoms with Crippen molar-refractivity contribution in [3.8, 4) is 11.5 Å². The van der Waals surface area contributed by atoms with E-state index in [1.807, 2.05) is 25.1 Å². The highest BCUT2D eigenvalue weighted by molar-refractivity contribution is 6.42. The lowest BCUT2D eigenvalue weighted by Gasteiger charge is -2.16. The Labute approximate surface area is 186 Å². The summed E-state index contributed by atoms with van der Waals surface area (Å²) in [4.78, 5) is 0. The molecule has 1 N–H and O–H groups in total. The van der Waals surface area contributed by atoms with Crippen molar-refractivity contribution in [2.45, 2.75) is 27.0 Å². The van der Waals surface area contributed by atoms with Crippen molar-refractivity contribution in [1.82, 2.24) is 0 Å². The number of aryl methyl sites for hydroxylation is 1. The van der Waals surface area contributed by atoms with Gasteiger partial charge in [0.05, 0.1) is 21.7 Å². The largest absolute Gasteiger partial charge is 0.490 e. The third kappa shape index (κ3) is 5.96. The molecule has 3 nitrogen and oxygen atoms in total. The summed E-state index contributed by atoms with van der Waals surface area (Å²) >= 11 is 18.6. The second-order valence-electron chi connectivity index (χ2n) is 6.59. The number of halogens is 3. The Kier molecular flexibility index (Phi) is 7.54. The highest BCUT2D eigenvalue weighted by atomic mass is 35.5. The van der Waals surface area contributed by atoms with Gasteiger partial charge in [-0.05, 0) is 61.4 Å². The second-order valence-corrected chi connectivity index (χ2v) is 7.82. The summed E-state index contributed by atoms with van der Waals surface area (Å²) in [7, 11) is 0. The average molecular weight is 451 g/mol. The van der Waals surface area contributed by atoms with E-state index in [0.717, 1.165) is 16.8 Å². The van der Waals surface area contributed by atoms with Crippen LogP contribution in [0.15, 0.2) is 54.6 Å². The van der Waals surface area contributed by atoms with E-state index in [0.29, 0.717) is 46.3 Å². The average Bonchev–Trinajstić information content (AvgIpc) is 2.70.